The summed E-state index contributed by atoms with van der Waals surface area (Å²) in [7, 11) is 0. The fourth-order valence-electron chi connectivity index (χ4n) is 4.75. The van der Waals surface area contributed by atoms with Crippen molar-refractivity contribution in [3.05, 3.63) is 52.6 Å². The highest BCUT2D eigenvalue weighted by molar-refractivity contribution is 8.25. The van der Waals surface area contributed by atoms with Gasteiger partial charge in [-0.3, -0.25) is 19.8 Å². The number of thioether (sulfide) groups is 1. The third kappa shape index (κ3) is 4.52. The highest BCUT2D eigenvalue weighted by Crippen LogP contribution is 2.54. The third-order valence-electron chi connectivity index (χ3n) is 6.69. The second kappa shape index (κ2) is 9.58. The van der Waals surface area contributed by atoms with Gasteiger partial charge in [-0.2, -0.15) is 0 Å². The van der Waals surface area contributed by atoms with Crippen LogP contribution in [0, 0.1) is 29.5 Å². The number of alkyl halides is 1. The zero-order valence-electron chi connectivity index (χ0n) is 19.2. The van der Waals surface area contributed by atoms with Gasteiger partial charge in [0.15, 0.2) is 0 Å². The van der Waals surface area contributed by atoms with Gasteiger partial charge < -0.3 is 20.6 Å². The molecule has 5 rings (SSSR count). The first-order chi connectivity index (χ1) is 16.8. The third-order valence-corrected chi connectivity index (χ3v) is 7.43. The molecule has 0 bridgehead atoms. The summed E-state index contributed by atoms with van der Waals surface area (Å²) in [6, 6.07) is 5.58. The first-order valence-corrected chi connectivity index (χ1v) is 12.7. The number of hydrogen-bond donors (Lipinski definition) is 4. The van der Waals surface area contributed by atoms with E-state index in [1.807, 2.05) is 4.57 Å². The van der Waals surface area contributed by atoms with Crippen LogP contribution in [-0.2, 0) is 11.2 Å². The number of Topliss-reactive ketones (excluding diaryl/α,β-unsaturated/α-hetero) is 1. The Labute approximate surface area is 211 Å². The van der Waals surface area contributed by atoms with Crippen molar-refractivity contribution in [1.29, 1.82) is 10.8 Å². The van der Waals surface area contributed by atoms with Gasteiger partial charge in [0.25, 0.3) is 17.6 Å². The summed E-state index contributed by atoms with van der Waals surface area (Å²) >= 11 is 5.55. The second-order valence-electron chi connectivity index (χ2n) is 8.82. The van der Waals surface area contributed by atoms with E-state index in [-0.39, 0.29) is 16.6 Å². The lowest BCUT2D eigenvalue weighted by atomic mass is 10.0. The van der Waals surface area contributed by atoms with Gasteiger partial charge in [-0.15, -0.1) is 11.6 Å². The van der Waals surface area contributed by atoms with Crippen LogP contribution in [0.1, 0.15) is 57.4 Å². The molecule has 4 N–H and O–H groups in total. The van der Waals surface area contributed by atoms with E-state index >= 15 is 0 Å². The van der Waals surface area contributed by atoms with Gasteiger partial charge in [-0.25, -0.2) is 4.39 Å². The van der Waals surface area contributed by atoms with E-state index in [1.165, 1.54) is 30.6 Å². The molecule has 11 heteroatoms. The van der Waals surface area contributed by atoms with Crippen LogP contribution in [0.25, 0.3) is 0 Å². The van der Waals surface area contributed by atoms with Gasteiger partial charge in [-0.1, -0.05) is 11.8 Å². The lowest BCUT2D eigenvalue weighted by molar-refractivity contribution is -0.117. The zero-order chi connectivity index (χ0) is 25.5. The molecular formula is C24H25ClFN5O3S. The largest absolute Gasteiger partial charge is 0.338 e. The molecule has 2 atom stereocenters. The van der Waals surface area contributed by atoms with Gasteiger partial charge in [0.05, 0.1) is 21.7 Å². The highest BCUT2D eigenvalue weighted by atomic mass is 35.5. The molecule has 3 aliphatic rings. The molecule has 2 heterocycles. The van der Waals surface area contributed by atoms with Crippen LogP contribution in [0.15, 0.2) is 24.3 Å². The molecule has 1 aromatic carbocycles. The number of ketones is 1. The summed E-state index contributed by atoms with van der Waals surface area (Å²) in [5, 5.41) is 20.8. The SMILES string of the molecule is CCl.Cc1c(C(=O)C(=O)NC2(C(=N)SC=N)CC2)c2n(c1C(=O)Nc1ccc(F)cc1)C1CC1C2. The summed E-state index contributed by atoms with van der Waals surface area (Å²) in [6.07, 6.45) is 4.13. The van der Waals surface area contributed by atoms with Gasteiger partial charge in [0, 0.05) is 23.8 Å². The fourth-order valence-corrected chi connectivity index (χ4v) is 5.35. The van der Waals surface area contributed by atoms with E-state index in [0.29, 0.717) is 47.8 Å². The highest BCUT2D eigenvalue weighted by Gasteiger charge is 2.52. The average Bonchev–Trinajstić information content (AvgIpc) is 3.74. The van der Waals surface area contributed by atoms with E-state index in [0.717, 1.165) is 23.7 Å². The standard InChI is InChI=1S/C23H22FN5O3S.CH3Cl/c1-11-17(19(30)21(32)28-23(6-7-23)22(26)33-10-25)16-9-12-8-15(12)29(16)18(11)20(31)27-14-4-2-13(24)3-5-14;1-2/h2-5,10,12,15,25-26H,6-9H2,1H3,(H,27,31)(H,28,32);1H3. The minimum Gasteiger partial charge on any atom is -0.338 e. The van der Waals surface area contributed by atoms with Crippen molar-refractivity contribution >= 4 is 57.2 Å². The summed E-state index contributed by atoms with van der Waals surface area (Å²) in [6.45, 7) is 1.67. The van der Waals surface area contributed by atoms with Crippen molar-refractivity contribution in [3.63, 3.8) is 0 Å². The number of rotatable bonds is 7. The van der Waals surface area contributed by atoms with E-state index in [9.17, 15) is 18.8 Å². The van der Waals surface area contributed by atoms with Crippen LogP contribution < -0.4 is 10.6 Å². The number of amides is 2. The summed E-state index contributed by atoms with van der Waals surface area (Å²) in [5.74, 6) is -1.97. The minimum absolute atomic E-state index is 0.137. The number of carbonyl (C=O) groups excluding carboxylic acids is 3. The molecule has 2 fully saturated rings. The number of carbonyl (C=O) groups is 3. The van der Waals surface area contributed by atoms with Crippen molar-refractivity contribution in [1.82, 2.24) is 9.88 Å². The molecule has 8 nitrogen and oxygen atoms in total. The molecule has 1 aliphatic heterocycles. The van der Waals surface area contributed by atoms with Crippen molar-refractivity contribution in [2.75, 3.05) is 11.7 Å². The molecule has 2 saturated carbocycles. The molecule has 2 aromatic rings. The van der Waals surface area contributed by atoms with Crippen molar-refractivity contribution in [2.24, 2.45) is 5.92 Å². The first kappa shape index (κ1) is 25.1. The molecule has 2 amide bonds. The Morgan fingerprint density at radius 1 is 1.23 bits per heavy atom. The molecule has 0 radical (unpaired) electrons. The molecular weight excluding hydrogens is 493 g/mol. The molecule has 184 valence electrons. The maximum absolute atomic E-state index is 13.2. The average molecular weight is 518 g/mol. The lowest BCUT2D eigenvalue weighted by Gasteiger charge is -2.16. The van der Waals surface area contributed by atoms with E-state index in [4.69, 9.17) is 10.8 Å². The normalized spacial score (nSPS) is 19.9. The van der Waals surface area contributed by atoms with Crippen LogP contribution in [0.3, 0.4) is 0 Å². The molecule has 1 aromatic heterocycles. The van der Waals surface area contributed by atoms with Crippen LogP contribution in [-0.4, -0.2) is 44.7 Å². The number of benzene rings is 1. The Morgan fingerprint density at radius 2 is 1.89 bits per heavy atom. The molecule has 2 unspecified atom stereocenters. The summed E-state index contributed by atoms with van der Waals surface area (Å²) in [4.78, 5) is 39.3. The van der Waals surface area contributed by atoms with Crippen molar-refractivity contribution < 1.29 is 18.8 Å². The molecule has 35 heavy (non-hydrogen) atoms. The number of halogens is 2. The molecule has 2 aliphatic carbocycles. The quantitative estimate of drug-likeness (QED) is 0.143. The Bertz CT molecular complexity index is 1240. The number of nitrogens with zero attached hydrogens (tertiary/aromatic N) is 1. The maximum atomic E-state index is 13.2. The Morgan fingerprint density at radius 3 is 2.49 bits per heavy atom. The van der Waals surface area contributed by atoms with E-state index < -0.39 is 29.0 Å². The molecule has 0 saturated heterocycles. The van der Waals surface area contributed by atoms with Crippen LogP contribution in [0.2, 0.25) is 0 Å². The number of aromatic nitrogens is 1. The summed E-state index contributed by atoms with van der Waals surface area (Å²) in [5.41, 5.74) is 2.34. The minimum atomic E-state index is -0.878. The fraction of sp³-hybridized carbons (Fsp3) is 0.375. The monoisotopic (exact) mass is 517 g/mol. The van der Waals surface area contributed by atoms with Crippen LogP contribution in [0.5, 0.6) is 0 Å². The lowest BCUT2D eigenvalue weighted by Crippen LogP contribution is -2.45. The smallest absolute Gasteiger partial charge is 0.293 e. The summed E-state index contributed by atoms with van der Waals surface area (Å²) < 4.78 is 15.1. The Kier molecular flexibility index (Phi) is 6.88. The van der Waals surface area contributed by atoms with Gasteiger partial charge in [-0.05, 0) is 68.4 Å². The first-order valence-electron chi connectivity index (χ1n) is 11.1. The zero-order valence-corrected chi connectivity index (χ0v) is 20.8. The Balaban J connectivity index is 0.00000141. The second-order valence-corrected chi connectivity index (χ2v) is 9.70. The van der Waals surface area contributed by atoms with Gasteiger partial charge in [0.1, 0.15) is 11.5 Å². The molecule has 0 spiro atoms. The Hall–Kier alpha value is -2.98. The number of nitrogens with one attached hydrogen (secondary N) is 4. The number of hydrogen-bond acceptors (Lipinski definition) is 6. The van der Waals surface area contributed by atoms with Crippen LogP contribution >= 0.6 is 23.4 Å². The predicted octanol–water partition coefficient (Wildman–Crippen LogP) is 4.31. The van der Waals surface area contributed by atoms with E-state index in [1.54, 1.807) is 6.92 Å². The van der Waals surface area contributed by atoms with Gasteiger partial charge >= 0.3 is 0 Å². The number of fused-ring (bicyclic) bond motifs is 3. The van der Waals surface area contributed by atoms with Crippen LogP contribution in [0.4, 0.5) is 10.1 Å². The topological polar surface area (TPSA) is 128 Å². The van der Waals surface area contributed by atoms with Crippen molar-refractivity contribution in [3.8, 4) is 0 Å². The van der Waals surface area contributed by atoms with Crippen molar-refractivity contribution in [2.45, 2.75) is 44.2 Å². The predicted molar refractivity (Wildman–Crippen MR) is 135 cm³/mol. The van der Waals surface area contributed by atoms with Gasteiger partial charge in [0.2, 0.25) is 0 Å². The maximum Gasteiger partial charge on any atom is 0.293 e. The van der Waals surface area contributed by atoms with E-state index in [2.05, 4.69) is 22.2 Å². The number of anilines is 1.